The molecule has 0 aromatic heterocycles. The smallest absolute Gasteiger partial charge is 0.320 e. The Balaban J connectivity index is 1.81. The lowest BCUT2D eigenvalue weighted by Gasteiger charge is -2.25. The monoisotopic (exact) mass is 406 g/mol. The molecular weight excluding hydrogens is 387 g/mol. The van der Waals surface area contributed by atoms with E-state index in [0.29, 0.717) is 0 Å². The van der Waals surface area contributed by atoms with E-state index in [2.05, 4.69) is 15.3 Å². The number of nitrogens with zero attached hydrogens (tertiary/aromatic N) is 1. The highest BCUT2D eigenvalue weighted by atomic mass is 19.1. The Hall–Kier alpha value is -3.87. The highest BCUT2D eigenvalue weighted by Crippen LogP contribution is 2.39. The maximum atomic E-state index is 13.6. The minimum absolute atomic E-state index is 0.0678. The molecule has 0 saturated carbocycles. The number of methoxy groups -OCH3 is 1. The summed E-state index contributed by atoms with van der Waals surface area (Å²) in [5.41, 5.74) is 4.97. The average Bonchev–Trinajstić information content (AvgIpc) is 3.24. The van der Waals surface area contributed by atoms with Gasteiger partial charge in [-0.1, -0.05) is 42.5 Å². The third-order valence-corrected chi connectivity index (χ3v) is 4.97. The molecule has 152 valence electrons. The molecule has 1 atom stereocenters. The lowest BCUT2D eigenvalue weighted by atomic mass is 9.83. The molecule has 6 nitrogen and oxygen atoms in total. The van der Waals surface area contributed by atoms with Crippen molar-refractivity contribution < 1.29 is 23.5 Å². The molecule has 7 heteroatoms. The summed E-state index contributed by atoms with van der Waals surface area (Å²) in [6.45, 7) is 0.401. The van der Waals surface area contributed by atoms with E-state index in [4.69, 9.17) is 9.47 Å². The van der Waals surface area contributed by atoms with E-state index in [0.717, 1.165) is 28.0 Å². The van der Waals surface area contributed by atoms with Crippen molar-refractivity contribution in [2.75, 3.05) is 13.7 Å². The van der Waals surface area contributed by atoms with E-state index in [1.807, 2.05) is 48.5 Å². The number of ether oxygens (including phenoxy) is 2. The summed E-state index contributed by atoms with van der Waals surface area (Å²) in [6.07, 6.45) is 0. The van der Waals surface area contributed by atoms with Crippen LogP contribution in [-0.4, -0.2) is 26.2 Å². The summed E-state index contributed by atoms with van der Waals surface area (Å²) in [4.78, 5) is 19.7. The van der Waals surface area contributed by atoms with Crippen molar-refractivity contribution >= 4 is 12.5 Å². The number of hydroxylamine groups is 1. The molecule has 3 aromatic carbocycles. The summed E-state index contributed by atoms with van der Waals surface area (Å²) in [7, 11) is 1.62. The van der Waals surface area contributed by atoms with Crippen LogP contribution in [0.4, 0.5) is 4.39 Å². The fraction of sp³-hybridized carbons (Fsp3) is 0.130. The van der Waals surface area contributed by atoms with Crippen LogP contribution in [0.5, 0.6) is 5.75 Å². The number of halogens is 1. The largest absolute Gasteiger partial charge is 0.497 e. The van der Waals surface area contributed by atoms with Gasteiger partial charge in [0, 0.05) is 0 Å². The van der Waals surface area contributed by atoms with Gasteiger partial charge in [0.1, 0.15) is 18.2 Å². The summed E-state index contributed by atoms with van der Waals surface area (Å²) < 4.78 is 24.5. The summed E-state index contributed by atoms with van der Waals surface area (Å²) in [5, 5.41) is 0. The van der Waals surface area contributed by atoms with E-state index < -0.39 is 5.54 Å². The van der Waals surface area contributed by atoms with E-state index in [1.165, 1.54) is 12.1 Å². The number of carbonyl (C=O) groups is 1. The fourth-order valence-corrected chi connectivity index (χ4v) is 3.48. The predicted molar refractivity (Wildman–Crippen MR) is 109 cm³/mol. The Kier molecular flexibility index (Phi) is 5.34. The van der Waals surface area contributed by atoms with E-state index in [-0.39, 0.29) is 24.9 Å². The van der Waals surface area contributed by atoms with Gasteiger partial charge in [0.25, 0.3) is 0 Å². The number of benzene rings is 3. The molecule has 4 rings (SSSR count). The van der Waals surface area contributed by atoms with Gasteiger partial charge in [-0.25, -0.2) is 9.38 Å². The van der Waals surface area contributed by atoms with E-state index in [1.54, 1.807) is 19.2 Å². The van der Waals surface area contributed by atoms with Crippen LogP contribution in [0.1, 0.15) is 11.1 Å². The Morgan fingerprint density at radius 2 is 1.77 bits per heavy atom. The molecule has 0 spiro atoms. The SMILES string of the molecule is COc1cccc(-c2cccc([C@@]3(c4ccc(F)cc4)COC(NOC=O)=N3)c2)c1. The summed E-state index contributed by atoms with van der Waals surface area (Å²) in [5.74, 6) is 0.412. The summed E-state index contributed by atoms with van der Waals surface area (Å²) in [6, 6.07) is 21.8. The molecule has 1 aliphatic heterocycles. The van der Waals surface area contributed by atoms with Crippen molar-refractivity contribution in [3.05, 3.63) is 89.7 Å². The molecule has 3 aromatic rings. The van der Waals surface area contributed by atoms with Gasteiger partial charge in [-0.3, -0.25) is 4.79 Å². The van der Waals surface area contributed by atoms with Crippen molar-refractivity contribution in [2.24, 2.45) is 4.99 Å². The van der Waals surface area contributed by atoms with Crippen LogP contribution in [-0.2, 0) is 19.9 Å². The third kappa shape index (κ3) is 3.69. The van der Waals surface area contributed by atoms with Crippen LogP contribution in [0.3, 0.4) is 0 Å². The van der Waals surface area contributed by atoms with Crippen molar-refractivity contribution in [3.63, 3.8) is 0 Å². The molecule has 0 aliphatic carbocycles. The van der Waals surface area contributed by atoms with Crippen LogP contribution in [0.15, 0.2) is 77.8 Å². The number of hydrogen-bond donors (Lipinski definition) is 1. The van der Waals surface area contributed by atoms with Gasteiger partial charge < -0.3 is 14.3 Å². The average molecular weight is 406 g/mol. The van der Waals surface area contributed by atoms with Gasteiger partial charge in [0.2, 0.25) is 0 Å². The molecule has 0 fully saturated rings. The zero-order chi connectivity index (χ0) is 21.0. The number of amidine groups is 1. The highest BCUT2D eigenvalue weighted by molar-refractivity contribution is 5.77. The maximum Gasteiger partial charge on any atom is 0.320 e. The van der Waals surface area contributed by atoms with Crippen molar-refractivity contribution in [1.29, 1.82) is 0 Å². The number of hydrogen-bond acceptors (Lipinski definition) is 6. The third-order valence-electron chi connectivity index (χ3n) is 4.97. The zero-order valence-electron chi connectivity index (χ0n) is 16.2. The molecule has 0 unspecified atom stereocenters. The first-order chi connectivity index (χ1) is 14.6. The van der Waals surface area contributed by atoms with Crippen LogP contribution in [0.2, 0.25) is 0 Å². The second-order valence-corrected chi connectivity index (χ2v) is 6.70. The van der Waals surface area contributed by atoms with E-state index >= 15 is 0 Å². The molecule has 1 heterocycles. The summed E-state index contributed by atoms with van der Waals surface area (Å²) >= 11 is 0. The van der Waals surface area contributed by atoms with Crippen LogP contribution in [0, 0.1) is 5.82 Å². The van der Waals surface area contributed by atoms with Crippen molar-refractivity contribution in [1.82, 2.24) is 5.48 Å². The predicted octanol–water partition coefficient (Wildman–Crippen LogP) is 3.81. The van der Waals surface area contributed by atoms with Gasteiger partial charge in [-0.15, -0.1) is 0 Å². The van der Waals surface area contributed by atoms with Gasteiger partial charge in [0.15, 0.2) is 5.54 Å². The Morgan fingerprint density at radius 3 is 2.50 bits per heavy atom. The molecule has 0 radical (unpaired) electrons. The van der Waals surface area contributed by atoms with Crippen molar-refractivity contribution in [3.8, 4) is 16.9 Å². The van der Waals surface area contributed by atoms with Gasteiger partial charge in [-0.05, 0) is 52.6 Å². The Labute approximate surface area is 172 Å². The first kappa shape index (κ1) is 19.4. The number of nitrogens with one attached hydrogen (secondary N) is 1. The lowest BCUT2D eigenvalue weighted by molar-refractivity contribution is -0.132. The maximum absolute atomic E-state index is 13.6. The first-order valence-corrected chi connectivity index (χ1v) is 9.23. The molecule has 0 amide bonds. The number of rotatable bonds is 6. The van der Waals surface area contributed by atoms with Gasteiger partial charge in [0.05, 0.1) is 7.11 Å². The van der Waals surface area contributed by atoms with Crippen molar-refractivity contribution in [2.45, 2.75) is 5.54 Å². The Bertz CT molecular complexity index is 1080. The lowest BCUT2D eigenvalue weighted by Crippen LogP contribution is -2.27. The minimum Gasteiger partial charge on any atom is -0.497 e. The molecule has 0 bridgehead atoms. The highest BCUT2D eigenvalue weighted by Gasteiger charge is 2.41. The van der Waals surface area contributed by atoms with Crippen LogP contribution in [0.25, 0.3) is 11.1 Å². The van der Waals surface area contributed by atoms with Gasteiger partial charge >= 0.3 is 12.5 Å². The quantitative estimate of drug-likeness (QED) is 0.498. The fourth-order valence-electron chi connectivity index (χ4n) is 3.48. The standard InChI is InChI=1S/C23H19FN2O4/c1-28-21-7-3-5-17(13-21)16-4-2-6-19(12-16)23(18-8-10-20(24)11-9-18)14-29-22(25-23)26-30-15-27/h2-13,15H,14H2,1H3,(H,25,26)/t23-/m0/s1. The molecule has 30 heavy (non-hydrogen) atoms. The topological polar surface area (TPSA) is 69.2 Å². The van der Waals surface area contributed by atoms with E-state index in [9.17, 15) is 9.18 Å². The zero-order valence-corrected chi connectivity index (χ0v) is 16.2. The molecule has 0 saturated heterocycles. The van der Waals surface area contributed by atoms with Crippen LogP contribution < -0.4 is 10.2 Å². The molecule has 1 N–H and O–H groups in total. The Morgan fingerprint density at radius 1 is 1.03 bits per heavy atom. The normalized spacial score (nSPS) is 17.6. The number of aliphatic imine (C=N–C) groups is 1. The van der Waals surface area contributed by atoms with Gasteiger partial charge in [-0.2, -0.15) is 5.48 Å². The first-order valence-electron chi connectivity index (χ1n) is 9.23. The number of carbonyl (C=O) groups excluding carboxylic acids is 1. The second kappa shape index (κ2) is 8.24. The molecule has 1 aliphatic rings. The minimum atomic E-state index is -0.933. The van der Waals surface area contributed by atoms with Crippen LogP contribution >= 0.6 is 0 Å². The molecular formula is C23H19FN2O4. The second-order valence-electron chi connectivity index (χ2n) is 6.70.